The van der Waals surface area contributed by atoms with E-state index in [1.54, 1.807) is 30.3 Å². The molecule has 1 saturated carbocycles. The van der Waals surface area contributed by atoms with Crippen LogP contribution in [0.25, 0.3) is 11.1 Å². The van der Waals surface area contributed by atoms with Gasteiger partial charge in [-0.25, -0.2) is 14.0 Å². The molecule has 3 aromatic rings. The fourth-order valence-electron chi connectivity index (χ4n) is 4.40. The summed E-state index contributed by atoms with van der Waals surface area (Å²) in [5.74, 6) is 0.319. The minimum absolute atomic E-state index is 0.0722. The summed E-state index contributed by atoms with van der Waals surface area (Å²) in [4.78, 5) is 7.87. The number of anilines is 1. The molecule has 1 aliphatic rings. The van der Waals surface area contributed by atoms with Gasteiger partial charge in [-0.3, -0.25) is 4.98 Å². The third-order valence-electron chi connectivity index (χ3n) is 6.58. The number of nitrogens with one attached hydrogen (secondary N) is 2. The number of benzene rings is 1. The van der Waals surface area contributed by atoms with Gasteiger partial charge in [0.25, 0.3) is 0 Å². The van der Waals surface area contributed by atoms with Gasteiger partial charge in [-0.2, -0.15) is 26.3 Å². The third-order valence-corrected chi connectivity index (χ3v) is 8.96. The molecule has 0 bridgehead atoms. The van der Waals surface area contributed by atoms with Gasteiger partial charge < -0.3 is 11.1 Å². The van der Waals surface area contributed by atoms with E-state index in [-0.39, 0.29) is 11.7 Å². The lowest BCUT2D eigenvalue weighted by Crippen LogP contribution is -2.32. The maximum atomic E-state index is 13.4. The van der Waals surface area contributed by atoms with Gasteiger partial charge in [-0.05, 0) is 73.2 Å². The van der Waals surface area contributed by atoms with Crippen LogP contribution >= 0.6 is 0 Å². The molecule has 1 fully saturated rings. The SMILES string of the molecule is N=S(=O)(c1ccc(-c2ccnc(C(N)C(F)(F)F)c2)cc1)C1CCC(Nc2ccc(C(F)(F)F)cn2)CC1. The summed E-state index contributed by atoms with van der Waals surface area (Å²) in [5.41, 5.74) is 5.13. The lowest BCUT2D eigenvalue weighted by molar-refractivity contribution is -0.150. The van der Waals surface area contributed by atoms with E-state index >= 15 is 0 Å². The molecular formula is C25H25F6N5OS. The highest BCUT2D eigenvalue weighted by Crippen LogP contribution is 2.34. The Kier molecular flexibility index (Phi) is 7.71. The van der Waals surface area contributed by atoms with Crippen molar-refractivity contribution in [2.45, 2.75) is 60.3 Å². The first-order chi connectivity index (χ1) is 17.7. The predicted molar refractivity (Wildman–Crippen MR) is 131 cm³/mol. The second kappa shape index (κ2) is 10.5. The van der Waals surface area contributed by atoms with Gasteiger partial charge >= 0.3 is 12.4 Å². The summed E-state index contributed by atoms with van der Waals surface area (Å²) >= 11 is 0. The molecule has 0 radical (unpaired) electrons. The van der Waals surface area contributed by atoms with E-state index < -0.39 is 38.9 Å². The zero-order valence-corrected chi connectivity index (χ0v) is 20.7. The summed E-state index contributed by atoms with van der Waals surface area (Å²) in [5, 5.41) is 2.69. The van der Waals surface area contributed by atoms with Crippen molar-refractivity contribution in [1.29, 1.82) is 4.78 Å². The molecule has 2 atom stereocenters. The summed E-state index contributed by atoms with van der Waals surface area (Å²) < 4.78 is 99.0. The van der Waals surface area contributed by atoms with Gasteiger partial charge in [-0.15, -0.1) is 0 Å². The van der Waals surface area contributed by atoms with E-state index in [0.29, 0.717) is 47.5 Å². The Morgan fingerprint density at radius 2 is 1.58 bits per heavy atom. The average molecular weight is 558 g/mol. The van der Waals surface area contributed by atoms with Crippen LogP contribution in [0.1, 0.15) is 43.0 Å². The average Bonchev–Trinajstić information content (AvgIpc) is 2.88. The summed E-state index contributed by atoms with van der Waals surface area (Å²) in [6.07, 6.45) is -4.98. The molecule has 0 amide bonds. The van der Waals surface area contributed by atoms with Crippen LogP contribution in [-0.2, 0) is 15.9 Å². The molecule has 4 rings (SSSR count). The Morgan fingerprint density at radius 1 is 0.921 bits per heavy atom. The predicted octanol–water partition coefficient (Wildman–Crippen LogP) is 6.55. The fourth-order valence-corrected chi connectivity index (χ4v) is 6.26. The van der Waals surface area contributed by atoms with Crippen LogP contribution in [-0.4, -0.2) is 31.6 Å². The normalized spacial score (nSPS) is 20.9. The maximum absolute atomic E-state index is 13.4. The molecule has 13 heteroatoms. The van der Waals surface area contributed by atoms with Crippen molar-refractivity contribution in [3.05, 3.63) is 72.2 Å². The van der Waals surface area contributed by atoms with Gasteiger partial charge in [0.05, 0.1) is 21.0 Å². The van der Waals surface area contributed by atoms with Crippen LogP contribution in [0.15, 0.2) is 65.8 Å². The second-order valence-corrected chi connectivity index (χ2v) is 11.5. The minimum Gasteiger partial charge on any atom is -0.367 e. The number of hydrogen-bond acceptors (Lipinski definition) is 6. The highest BCUT2D eigenvalue weighted by Gasteiger charge is 2.39. The molecule has 1 aliphatic carbocycles. The van der Waals surface area contributed by atoms with Crippen molar-refractivity contribution < 1.29 is 30.6 Å². The topological polar surface area (TPSA) is 105 Å². The molecule has 204 valence electrons. The lowest BCUT2D eigenvalue weighted by atomic mass is 9.95. The number of pyridine rings is 2. The van der Waals surface area contributed by atoms with Crippen molar-refractivity contribution in [3.8, 4) is 11.1 Å². The standard InChI is InChI=1S/C25H25F6N5OS/c26-24(27,28)17-3-10-22(35-14-17)36-18-4-8-20(9-5-18)38(33,37)19-6-1-15(2-7-19)16-11-12-34-21(13-16)23(32)25(29,30)31/h1-3,6-7,10-14,18,20,23,33H,4-5,8-9,32H2,(H,35,36). The van der Waals surface area contributed by atoms with E-state index in [9.17, 15) is 30.6 Å². The molecular weight excluding hydrogens is 532 g/mol. The first-order valence-corrected chi connectivity index (χ1v) is 13.3. The number of hydrogen-bond donors (Lipinski definition) is 3. The number of aromatic nitrogens is 2. The van der Waals surface area contributed by atoms with Crippen LogP contribution in [0.2, 0.25) is 0 Å². The van der Waals surface area contributed by atoms with Crippen LogP contribution in [0.5, 0.6) is 0 Å². The Bertz CT molecular complexity index is 1350. The quantitative estimate of drug-likeness (QED) is 0.298. The Balaban J connectivity index is 1.39. The number of alkyl halides is 6. The molecule has 0 spiro atoms. The minimum atomic E-state index is -4.63. The van der Waals surface area contributed by atoms with E-state index in [1.165, 1.54) is 18.3 Å². The monoisotopic (exact) mass is 557 g/mol. The van der Waals surface area contributed by atoms with Crippen LogP contribution in [0.3, 0.4) is 0 Å². The van der Waals surface area contributed by atoms with Gasteiger partial charge in [0.1, 0.15) is 11.9 Å². The Morgan fingerprint density at radius 3 is 2.13 bits per heavy atom. The van der Waals surface area contributed by atoms with Gasteiger partial charge in [-0.1, -0.05) is 12.1 Å². The molecule has 2 heterocycles. The summed E-state index contributed by atoms with van der Waals surface area (Å²) in [6, 6.07) is 9.03. The largest absolute Gasteiger partial charge is 0.417 e. The van der Waals surface area contributed by atoms with Gasteiger partial charge in [0.2, 0.25) is 0 Å². The first kappa shape index (κ1) is 27.8. The first-order valence-electron chi connectivity index (χ1n) is 11.7. The molecule has 1 aromatic carbocycles. The Labute approximate surface area is 215 Å². The fraction of sp³-hybridized carbons (Fsp3) is 0.360. The van der Waals surface area contributed by atoms with Crippen molar-refractivity contribution in [2.75, 3.05) is 5.32 Å². The zero-order valence-electron chi connectivity index (χ0n) is 19.9. The van der Waals surface area contributed by atoms with E-state index in [1.807, 2.05) is 0 Å². The smallest absolute Gasteiger partial charge is 0.367 e. The van der Waals surface area contributed by atoms with Crippen LogP contribution in [0.4, 0.5) is 32.2 Å². The molecule has 0 saturated heterocycles. The van der Waals surface area contributed by atoms with Crippen molar-refractivity contribution in [1.82, 2.24) is 9.97 Å². The summed E-state index contributed by atoms with van der Waals surface area (Å²) in [7, 11) is -3.17. The van der Waals surface area contributed by atoms with Crippen molar-refractivity contribution >= 4 is 15.5 Å². The zero-order chi connectivity index (χ0) is 27.7. The summed E-state index contributed by atoms with van der Waals surface area (Å²) in [6.45, 7) is 0. The van der Waals surface area contributed by atoms with E-state index in [4.69, 9.17) is 10.5 Å². The molecule has 0 aliphatic heterocycles. The molecule has 2 unspecified atom stereocenters. The molecule has 6 nitrogen and oxygen atoms in total. The highest BCUT2D eigenvalue weighted by molar-refractivity contribution is 7.93. The Hall–Kier alpha value is -3.19. The lowest BCUT2D eigenvalue weighted by Gasteiger charge is -2.30. The molecule has 2 aromatic heterocycles. The van der Waals surface area contributed by atoms with Crippen molar-refractivity contribution in [2.24, 2.45) is 5.73 Å². The van der Waals surface area contributed by atoms with Crippen LogP contribution < -0.4 is 11.1 Å². The number of nitrogens with zero attached hydrogens (tertiary/aromatic N) is 2. The second-order valence-electron chi connectivity index (χ2n) is 9.16. The number of halogens is 6. The van der Waals surface area contributed by atoms with E-state index in [0.717, 1.165) is 12.3 Å². The van der Waals surface area contributed by atoms with Crippen molar-refractivity contribution in [3.63, 3.8) is 0 Å². The number of nitrogens with two attached hydrogens (primary N) is 1. The molecule has 38 heavy (non-hydrogen) atoms. The van der Waals surface area contributed by atoms with Crippen LogP contribution in [0, 0.1) is 4.78 Å². The maximum Gasteiger partial charge on any atom is 0.417 e. The number of rotatable bonds is 6. The van der Waals surface area contributed by atoms with Gasteiger partial charge in [0.15, 0.2) is 0 Å². The third kappa shape index (κ3) is 6.26. The van der Waals surface area contributed by atoms with E-state index in [2.05, 4.69) is 15.3 Å². The molecule has 4 N–H and O–H groups in total. The van der Waals surface area contributed by atoms with Gasteiger partial charge in [0, 0.05) is 28.6 Å². The highest BCUT2D eigenvalue weighted by atomic mass is 32.2.